The molecule has 0 aromatic heterocycles. The lowest BCUT2D eigenvalue weighted by molar-refractivity contribution is -0.146. The average Bonchev–Trinajstić information content (AvgIpc) is 3.38. The van der Waals surface area contributed by atoms with Gasteiger partial charge in [0.2, 0.25) is 29.5 Å². The molecule has 2 aliphatic carbocycles. The summed E-state index contributed by atoms with van der Waals surface area (Å²) in [6.07, 6.45) is 4.96. The molecule has 14 heteroatoms. The van der Waals surface area contributed by atoms with E-state index < -0.39 is 78.1 Å². The Hall–Kier alpha value is -3.81. The molecule has 3 heterocycles. The van der Waals surface area contributed by atoms with Gasteiger partial charge in [-0.15, -0.1) is 0 Å². The first-order chi connectivity index (χ1) is 22.1. The molecule has 1 aromatic carbocycles. The number of fused-ring (bicyclic) bond motifs is 2. The van der Waals surface area contributed by atoms with E-state index in [0.29, 0.717) is 17.5 Å². The number of aliphatic carboxylic acids is 1. The first-order valence-corrected chi connectivity index (χ1v) is 17.0. The van der Waals surface area contributed by atoms with E-state index in [9.17, 15) is 33.9 Å². The number of carbonyl (C=O) groups is 6. The summed E-state index contributed by atoms with van der Waals surface area (Å²) < 4.78 is 0.570. The molecule has 246 valence electrons. The number of carboxylic acid groups (broad SMARTS) is 1. The Bertz CT molecular complexity index is 1460. The molecule has 3 aliphatic heterocycles. The van der Waals surface area contributed by atoms with Gasteiger partial charge >= 0.3 is 5.97 Å². The number of carbonyl (C=O) groups excluding carboxylic acids is 5. The molecule has 46 heavy (non-hydrogen) atoms. The van der Waals surface area contributed by atoms with Crippen LogP contribution in [0.1, 0.15) is 75.7 Å². The van der Waals surface area contributed by atoms with Crippen molar-refractivity contribution >= 4 is 61.7 Å². The SMILES string of the molecule is O=C(O)C[C@H]1NC(=O)[C@@H](CC2C(Br)=Nc3ccccc32)NC(=O)C(C2CC2)NC(=O)[C@@H](C2CCCC2)NC(=O)[C@@H]2CCCN2C1=O. The third kappa shape index (κ3) is 6.81. The Kier molecular flexibility index (Phi) is 9.44. The minimum Gasteiger partial charge on any atom is -0.481 e. The van der Waals surface area contributed by atoms with E-state index in [4.69, 9.17) is 0 Å². The molecule has 2 saturated heterocycles. The van der Waals surface area contributed by atoms with Crippen LogP contribution in [0.2, 0.25) is 0 Å². The van der Waals surface area contributed by atoms with Crippen LogP contribution in [0.3, 0.4) is 0 Å². The summed E-state index contributed by atoms with van der Waals surface area (Å²) in [5, 5.41) is 21.0. The highest BCUT2D eigenvalue weighted by molar-refractivity contribution is 9.18. The van der Waals surface area contributed by atoms with E-state index in [-0.39, 0.29) is 24.8 Å². The van der Waals surface area contributed by atoms with Gasteiger partial charge in [0.15, 0.2) is 0 Å². The number of nitrogens with zero attached hydrogens (tertiary/aromatic N) is 2. The number of carboxylic acids is 1. The molecular formula is C32H39BrN6O7. The fourth-order valence-corrected chi connectivity index (χ4v) is 7.94. The van der Waals surface area contributed by atoms with E-state index >= 15 is 0 Å². The third-order valence-corrected chi connectivity index (χ3v) is 10.6. The van der Waals surface area contributed by atoms with Gasteiger partial charge in [-0.2, -0.15) is 0 Å². The Morgan fingerprint density at radius 1 is 0.804 bits per heavy atom. The van der Waals surface area contributed by atoms with Crippen LogP contribution in [0.4, 0.5) is 5.69 Å². The topological polar surface area (TPSA) is 186 Å². The molecule has 5 N–H and O–H groups in total. The van der Waals surface area contributed by atoms with E-state index in [1.807, 2.05) is 24.3 Å². The summed E-state index contributed by atoms with van der Waals surface area (Å²) in [5.74, 6) is -4.89. The lowest BCUT2D eigenvalue weighted by Gasteiger charge is -2.31. The third-order valence-electron chi connectivity index (χ3n) is 9.89. The number of hydrogen-bond donors (Lipinski definition) is 5. The summed E-state index contributed by atoms with van der Waals surface area (Å²) >= 11 is 3.51. The number of halogens is 1. The van der Waals surface area contributed by atoms with Crippen molar-refractivity contribution in [2.45, 2.75) is 100 Å². The summed E-state index contributed by atoms with van der Waals surface area (Å²) in [6.45, 7) is 0.204. The number of rotatable bonds is 6. The average molecular weight is 700 g/mol. The smallest absolute Gasteiger partial charge is 0.305 e. The van der Waals surface area contributed by atoms with Crippen molar-refractivity contribution in [2.24, 2.45) is 16.8 Å². The minimum absolute atomic E-state index is 0.0645. The van der Waals surface area contributed by atoms with E-state index in [0.717, 1.165) is 49.8 Å². The highest BCUT2D eigenvalue weighted by Gasteiger charge is 2.45. The maximum absolute atomic E-state index is 14.0. The molecule has 2 unspecified atom stereocenters. The zero-order valence-electron chi connectivity index (χ0n) is 25.4. The second-order valence-electron chi connectivity index (χ2n) is 13.0. The molecule has 0 bridgehead atoms. The predicted molar refractivity (Wildman–Crippen MR) is 169 cm³/mol. The van der Waals surface area contributed by atoms with E-state index in [2.05, 4.69) is 42.2 Å². The zero-order valence-corrected chi connectivity index (χ0v) is 27.0. The summed E-state index contributed by atoms with van der Waals surface area (Å²) in [6, 6.07) is 2.02. The largest absolute Gasteiger partial charge is 0.481 e. The fraction of sp³-hybridized carbons (Fsp3) is 0.594. The van der Waals surface area contributed by atoms with Gasteiger partial charge in [0.1, 0.15) is 30.2 Å². The van der Waals surface area contributed by atoms with Crippen LogP contribution >= 0.6 is 15.9 Å². The van der Waals surface area contributed by atoms with Crippen LogP contribution in [0, 0.1) is 11.8 Å². The van der Waals surface area contributed by atoms with Crippen molar-refractivity contribution in [1.29, 1.82) is 0 Å². The molecule has 0 spiro atoms. The van der Waals surface area contributed by atoms with Crippen molar-refractivity contribution in [2.75, 3.05) is 6.54 Å². The van der Waals surface area contributed by atoms with Gasteiger partial charge in [0.05, 0.1) is 16.7 Å². The Morgan fingerprint density at radius 2 is 1.43 bits per heavy atom. The second-order valence-corrected chi connectivity index (χ2v) is 13.9. The van der Waals surface area contributed by atoms with Crippen LogP contribution in [0.25, 0.3) is 0 Å². The highest BCUT2D eigenvalue weighted by atomic mass is 79.9. The van der Waals surface area contributed by atoms with E-state index in [1.165, 1.54) is 4.90 Å². The molecule has 5 aliphatic rings. The van der Waals surface area contributed by atoms with Crippen LogP contribution < -0.4 is 21.3 Å². The van der Waals surface area contributed by atoms with E-state index in [1.54, 1.807) is 0 Å². The number of nitrogens with one attached hydrogen (secondary N) is 4. The normalized spacial score (nSPS) is 31.1. The number of aliphatic imine (C=N–C) groups is 1. The standard InChI is InChI=1S/C32H39BrN6O7/c33-27-19(18-8-3-4-9-20(18)34-27)14-21-28(42)36-22(15-24(40)41)32(46)39-13-5-10-23(39)29(43)37-25(16-6-1-2-7-16)31(45)38-26(17-11-12-17)30(44)35-21/h3-4,8-9,16-17,19,21-23,25-26H,1-2,5-7,10-15H2,(H,35,44)(H,36,42)(H,37,43)(H,38,45)(H,40,41)/t19?,21-,22-,23+,25-,26?/m1/s1. The minimum atomic E-state index is -1.47. The van der Waals surface area contributed by atoms with Gasteiger partial charge in [-0.05, 0) is 84.3 Å². The van der Waals surface area contributed by atoms with Crippen molar-refractivity contribution < 1.29 is 33.9 Å². The van der Waals surface area contributed by atoms with Gasteiger partial charge in [0, 0.05) is 12.5 Å². The summed E-state index contributed by atoms with van der Waals surface area (Å²) in [4.78, 5) is 87.0. The van der Waals surface area contributed by atoms with Crippen molar-refractivity contribution in [3.05, 3.63) is 29.8 Å². The van der Waals surface area contributed by atoms with Crippen molar-refractivity contribution in [3.63, 3.8) is 0 Å². The van der Waals surface area contributed by atoms with Gasteiger partial charge in [-0.25, -0.2) is 4.99 Å². The molecule has 0 radical (unpaired) electrons. The zero-order chi connectivity index (χ0) is 32.5. The second kappa shape index (κ2) is 13.5. The molecule has 6 atom stereocenters. The van der Waals surface area contributed by atoms with Gasteiger partial charge in [0.25, 0.3) is 0 Å². The number of benzene rings is 1. The Balaban J connectivity index is 1.36. The summed E-state index contributed by atoms with van der Waals surface area (Å²) in [5.41, 5.74) is 1.57. The van der Waals surface area contributed by atoms with Gasteiger partial charge < -0.3 is 31.3 Å². The summed E-state index contributed by atoms with van der Waals surface area (Å²) in [7, 11) is 0. The predicted octanol–water partition coefficient (Wildman–Crippen LogP) is 1.62. The van der Waals surface area contributed by atoms with Crippen LogP contribution in [-0.4, -0.2) is 86.9 Å². The molecule has 6 rings (SSSR count). The van der Waals surface area contributed by atoms with Crippen LogP contribution in [0.5, 0.6) is 0 Å². The quantitative estimate of drug-likeness (QED) is 0.299. The van der Waals surface area contributed by atoms with Crippen molar-refractivity contribution in [1.82, 2.24) is 26.2 Å². The van der Waals surface area contributed by atoms with Gasteiger partial charge in [-0.3, -0.25) is 28.8 Å². The lowest BCUT2D eigenvalue weighted by Crippen LogP contribution is -2.59. The molecule has 2 saturated carbocycles. The Labute approximate surface area is 274 Å². The Morgan fingerprint density at radius 3 is 2.13 bits per heavy atom. The van der Waals surface area contributed by atoms with Crippen LogP contribution in [0.15, 0.2) is 29.3 Å². The lowest BCUT2D eigenvalue weighted by atomic mass is 9.93. The maximum Gasteiger partial charge on any atom is 0.305 e. The number of amides is 5. The van der Waals surface area contributed by atoms with Gasteiger partial charge in [-0.1, -0.05) is 31.0 Å². The molecule has 1 aromatic rings. The molecule has 4 fully saturated rings. The molecule has 13 nitrogen and oxygen atoms in total. The molecular weight excluding hydrogens is 660 g/mol. The monoisotopic (exact) mass is 698 g/mol. The highest BCUT2D eigenvalue weighted by Crippen LogP contribution is 2.40. The number of hydrogen-bond acceptors (Lipinski definition) is 7. The number of para-hydroxylation sites is 1. The molecule has 5 amide bonds. The van der Waals surface area contributed by atoms with Crippen LogP contribution in [-0.2, 0) is 28.8 Å². The first kappa shape index (κ1) is 32.1. The first-order valence-electron chi connectivity index (χ1n) is 16.2. The maximum atomic E-state index is 14.0. The van der Waals surface area contributed by atoms with Crippen molar-refractivity contribution in [3.8, 4) is 0 Å². The fourth-order valence-electron chi connectivity index (χ4n) is 7.32.